The number of halogens is 3. The van der Waals surface area contributed by atoms with Gasteiger partial charge in [0.15, 0.2) is 0 Å². The van der Waals surface area contributed by atoms with Crippen LogP contribution in [-0.2, 0) is 10.9 Å². The number of carbonyl (C=O) groups excluding carboxylic acids is 1. The van der Waals surface area contributed by atoms with Crippen LogP contribution in [0, 0.1) is 0 Å². The van der Waals surface area contributed by atoms with Gasteiger partial charge in [-0.05, 0) is 55.8 Å². The average Bonchev–Trinajstić information content (AvgIpc) is 3.19. The van der Waals surface area contributed by atoms with Crippen LogP contribution < -0.4 is 10.1 Å². The van der Waals surface area contributed by atoms with Crippen LogP contribution >= 0.6 is 0 Å². The van der Waals surface area contributed by atoms with Crippen molar-refractivity contribution in [3.05, 3.63) is 53.7 Å². The summed E-state index contributed by atoms with van der Waals surface area (Å²) in [6.45, 7) is 4.92. The Bertz CT molecular complexity index is 1090. The van der Waals surface area contributed by atoms with E-state index in [4.69, 9.17) is 9.47 Å². The zero-order valence-electron chi connectivity index (χ0n) is 20.3. The Morgan fingerprint density at radius 2 is 1.57 bits per heavy atom. The fraction of sp³-hybridized carbons (Fsp3) is 0.444. The van der Waals surface area contributed by atoms with E-state index < -0.39 is 17.7 Å². The predicted octanol–water partition coefficient (Wildman–Crippen LogP) is 8.32. The summed E-state index contributed by atoms with van der Waals surface area (Å²) in [4.78, 5) is 15.7. The van der Waals surface area contributed by atoms with Crippen LogP contribution in [0.5, 0.6) is 11.5 Å². The van der Waals surface area contributed by atoms with Crippen molar-refractivity contribution in [1.82, 2.24) is 4.98 Å². The van der Waals surface area contributed by atoms with Gasteiger partial charge in [-0.15, -0.1) is 0 Å². The molecule has 0 saturated heterocycles. The monoisotopic (exact) mass is 490 g/mol. The summed E-state index contributed by atoms with van der Waals surface area (Å²) < 4.78 is 49.5. The molecule has 0 aliphatic heterocycles. The number of H-pyrrole nitrogens is 1. The number of anilines is 1. The van der Waals surface area contributed by atoms with Crippen LogP contribution in [0.2, 0.25) is 0 Å². The molecule has 0 saturated carbocycles. The molecule has 0 unspecified atom stereocenters. The first-order valence-corrected chi connectivity index (χ1v) is 12.2. The van der Waals surface area contributed by atoms with Gasteiger partial charge in [-0.2, -0.15) is 13.2 Å². The number of aromatic nitrogens is 1. The van der Waals surface area contributed by atoms with Crippen LogP contribution in [0.15, 0.2) is 42.5 Å². The highest BCUT2D eigenvalue weighted by Crippen LogP contribution is 2.35. The number of hydrogen-bond donors (Lipinski definition) is 2. The lowest BCUT2D eigenvalue weighted by Gasteiger charge is -2.10. The van der Waals surface area contributed by atoms with Gasteiger partial charge >= 0.3 is 12.1 Å². The molecule has 3 rings (SSSR count). The van der Waals surface area contributed by atoms with Crippen molar-refractivity contribution in [1.29, 1.82) is 0 Å². The highest BCUT2D eigenvalue weighted by molar-refractivity contribution is 6.06. The summed E-state index contributed by atoms with van der Waals surface area (Å²) in [6, 6.07) is 9.78. The number of rotatable bonds is 13. The van der Waals surface area contributed by atoms with Gasteiger partial charge in [0.05, 0.1) is 17.9 Å². The Labute approximate surface area is 204 Å². The van der Waals surface area contributed by atoms with Crippen LogP contribution in [-0.4, -0.2) is 24.1 Å². The van der Waals surface area contributed by atoms with Gasteiger partial charge in [0.2, 0.25) is 0 Å². The molecule has 0 atom stereocenters. The molecular weight excluding hydrogens is 457 g/mol. The van der Waals surface area contributed by atoms with E-state index in [1.807, 2.05) is 0 Å². The van der Waals surface area contributed by atoms with Crippen LogP contribution in [0.4, 0.5) is 18.9 Å². The van der Waals surface area contributed by atoms with Crippen molar-refractivity contribution in [2.45, 2.75) is 65.0 Å². The maximum atomic E-state index is 12.8. The molecule has 2 N–H and O–H groups in total. The Morgan fingerprint density at radius 3 is 2.23 bits per heavy atom. The van der Waals surface area contributed by atoms with E-state index in [0.29, 0.717) is 23.7 Å². The number of ether oxygens (including phenoxy) is 2. The van der Waals surface area contributed by atoms with Crippen LogP contribution in [0.1, 0.15) is 74.8 Å². The first kappa shape index (κ1) is 26.4. The van der Waals surface area contributed by atoms with Crippen molar-refractivity contribution in [3.63, 3.8) is 0 Å². The van der Waals surface area contributed by atoms with Crippen molar-refractivity contribution >= 4 is 22.6 Å². The molecule has 0 radical (unpaired) electrons. The predicted molar refractivity (Wildman–Crippen MR) is 132 cm³/mol. The number of nitrogens with one attached hydrogen (secondary N) is 2. The molecular formula is C27H33F3N2O3. The zero-order chi connectivity index (χ0) is 25.3. The minimum atomic E-state index is -4.40. The molecule has 0 aliphatic carbocycles. The number of aromatic amines is 1. The second-order valence-electron chi connectivity index (χ2n) is 8.48. The number of esters is 1. The topological polar surface area (TPSA) is 63.3 Å². The average molecular weight is 491 g/mol. The molecule has 0 bridgehead atoms. The molecule has 35 heavy (non-hydrogen) atoms. The largest absolute Gasteiger partial charge is 0.461 e. The summed E-state index contributed by atoms with van der Waals surface area (Å²) in [5.41, 5.74) is 0.982. The van der Waals surface area contributed by atoms with E-state index >= 15 is 0 Å². The molecule has 3 aromatic rings. The van der Waals surface area contributed by atoms with Gasteiger partial charge < -0.3 is 19.8 Å². The summed E-state index contributed by atoms with van der Waals surface area (Å²) in [5.74, 6) is 0.290. The number of carbonyl (C=O) groups is 1. The summed E-state index contributed by atoms with van der Waals surface area (Å²) in [7, 11) is 0. The van der Waals surface area contributed by atoms with Crippen molar-refractivity contribution in [3.8, 4) is 11.5 Å². The van der Waals surface area contributed by atoms with Crippen LogP contribution in [0.3, 0.4) is 0 Å². The van der Waals surface area contributed by atoms with Gasteiger partial charge in [-0.1, -0.05) is 45.4 Å². The highest BCUT2D eigenvalue weighted by Gasteiger charge is 2.30. The van der Waals surface area contributed by atoms with Crippen molar-refractivity contribution < 1.29 is 27.4 Å². The molecule has 8 heteroatoms. The summed E-state index contributed by atoms with van der Waals surface area (Å²) >= 11 is 0. The smallest absolute Gasteiger partial charge is 0.416 e. The van der Waals surface area contributed by atoms with E-state index in [0.717, 1.165) is 35.9 Å². The Kier molecular flexibility index (Phi) is 9.46. The number of fused-ring (bicyclic) bond motifs is 1. The molecule has 1 heterocycles. The van der Waals surface area contributed by atoms with Gasteiger partial charge in [-0.3, -0.25) is 0 Å². The van der Waals surface area contributed by atoms with Gasteiger partial charge in [0.1, 0.15) is 17.2 Å². The zero-order valence-corrected chi connectivity index (χ0v) is 20.3. The third kappa shape index (κ3) is 7.41. The van der Waals surface area contributed by atoms with Gasteiger partial charge in [0.25, 0.3) is 0 Å². The lowest BCUT2D eigenvalue weighted by Crippen LogP contribution is -2.10. The molecule has 0 fully saturated rings. The second-order valence-corrected chi connectivity index (χ2v) is 8.48. The maximum Gasteiger partial charge on any atom is 0.416 e. The van der Waals surface area contributed by atoms with Gasteiger partial charge in [0, 0.05) is 17.4 Å². The van der Waals surface area contributed by atoms with Crippen LogP contribution in [0.25, 0.3) is 10.9 Å². The lowest BCUT2D eigenvalue weighted by atomic mass is 10.1. The molecule has 190 valence electrons. The first-order chi connectivity index (χ1) is 16.8. The molecule has 5 nitrogen and oxygen atoms in total. The standard InChI is InChI=1S/C27H33F3N2O3/c1-3-5-6-7-8-9-10-17-31-24-22-18-21(15-16-23(22)32-25(24)26(33)34-4-2)35-20-13-11-19(12-14-20)27(28,29)30/h11-16,18,31-32H,3-10,17H2,1-2H3. The van der Waals surface area contributed by atoms with Gasteiger partial charge in [-0.25, -0.2) is 4.79 Å². The SMILES string of the molecule is CCCCCCCCCNc1c(C(=O)OCC)[nH]c2ccc(Oc3ccc(C(F)(F)F)cc3)cc12. The highest BCUT2D eigenvalue weighted by atomic mass is 19.4. The molecule has 0 aliphatic rings. The minimum Gasteiger partial charge on any atom is -0.461 e. The van der Waals surface area contributed by atoms with E-state index in [-0.39, 0.29) is 12.4 Å². The fourth-order valence-electron chi connectivity index (χ4n) is 3.92. The fourth-order valence-corrected chi connectivity index (χ4v) is 3.92. The Balaban J connectivity index is 1.74. The number of unbranched alkanes of at least 4 members (excludes halogenated alkanes) is 6. The maximum absolute atomic E-state index is 12.8. The minimum absolute atomic E-state index is 0.258. The third-order valence-electron chi connectivity index (χ3n) is 5.75. The number of alkyl halides is 3. The normalized spacial score (nSPS) is 11.6. The van der Waals surface area contributed by atoms with E-state index in [1.165, 1.54) is 44.2 Å². The third-order valence-corrected chi connectivity index (χ3v) is 5.75. The summed E-state index contributed by atoms with van der Waals surface area (Å²) in [6.07, 6.45) is 3.86. The van der Waals surface area contributed by atoms with Crippen molar-refractivity contribution in [2.75, 3.05) is 18.5 Å². The van der Waals surface area contributed by atoms with E-state index in [9.17, 15) is 18.0 Å². The molecule has 0 amide bonds. The second kappa shape index (κ2) is 12.5. The number of benzene rings is 2. The quantitative estimate of drug-likeness (QED) is 0.187. The molecule has 2 aromatic carbocycles. The molecule has 0 spiro atoms. The Morgan fingerprint density at radius 1 is 0.914 bits per heavy atom. The van der Waals surface area contributed by atoms with Crippen molar-refractivity contribution in [2.24, 2.45) is 0 Å². The first-order valence-electron chi connectivity index (χ1n) is 12.2. The van der Waals surface area contributed by atoms with E-state index in [2.05, 4.69) is 17.2 Å². The summed E-state index contributed by atoms with van der Waals surface area (Å²) in [5, 5.41) is 4.13. The van der Waals surface area contributed by atoms with E-state index in [1.54, 1.807) is 25.1 Å². The lowest BCUT2D eigenvalue weighted by molar-refractivity contribution is -0.137. The number of hydrogen-bond acceptors (Lipinski definition) is 4. The Hall–Kier alpha value is -3.16. The molecule has 1 aromatic heterocycles.